The zero-order chi connectivity index (χ0) is 15.1. The molecule has 1 aliphatic heterocycles. The van der Waals surface area contributed by atoms with Crippen molar-refractivity contribution in [1.82, 2.24) is 4.90 Å². The summed E-state index contributed by atoms with van der Waals surface area (Å²) in [7, 11) is 2.25. The summed E-state index contributed by atoms with van der Waals surface area (Å²) in [6, 6.07) is 6.68. The first-order valence-electron chi connectivity index (χ1n) is 8.90. The summed E-state index contributed by atoms with van der Waals surface area (Å²) >= 11 is 0. The van der Waals surface area contributed by atoms with E-state index < -0.39 is 0 Å². The maximum Gasteiger partial charge on any atom is -0.00191 e. The Morgan fingerprint density at radius 2 is 1.57 bits per heavy atom. The molecule has 0 N–H and O–H groups in total. The third kappa shape index (κ3) is 5.47. The minimum Gasteiger partial charge on any atom is -0.306 e. The van der Waals surface area contributed by atoms with Gasteiger partial charge in [0.25, 0.3) is 0 Å². The molecule has 0 spiro atoms. The zero-order valence-corrected chi connectivity index (χ0v) is 14.3. The Kier molecular flexibility index (Phi) is 6.76. The van der Waals surface area contributed by atoms with Crippen molar-refractivity contribution in [3.63, 3.8) is 0 Å². The third-order valence-corrected chi connectivity index (χ3v) is 5.27. The van der Waals surface area contributed by atoms with E-state index in [0.717, 1.165) is 5.92 Å². The summed E-state index contributed by atoms with van der Waals surface area (Å²) in [4.78, 5) is 2.47. The Morgan fingerprint density at radius 1 is 0.952 bits per heavy atom. The van der Waals surface area contributed by atoms with Crippen LogP contribution in [-0.2, 0) is 6.42 Å². The minimum absolute atomic E-state index is 1.01. The molecule has 0 atom stereocenters. The van der Waals surface area contributed by atoms with Gasteiger partial charge in [-0.15, -0.1) is 0 Å². The first-order chi connectivity index (χ1) is 10.2. The molecule has 0 radical (unpaired) electrons. The highest BCUT2D eigenvalue weighted by molar-refractivity contribution is 5.33. The largest absolute Gasteiger partial charge is 0.306 e. The van der Waals surface area contributed by atoms with Crippen LogP contribution in [0.2, 0.25) is 0 Å². The highest BCUT2D eigenvalue weighted by Crippen LogP contribution is 2.23. The van der Waals surface area contributed by atoms with Gasteiger partial charge in [0, 0.05) is 0 Å². The van der Waals surface area contributed by atoms with Gasteiger partial charge in [0.05, 0.1) is 0 Å². The fourth-order valence-electron chi connectivity index (χ4n) is 3.68. The predicted molar refractivity (Wildman–Crippen MR) is 92.9 cm³/mol. The van der Waals surface area contributed by atoms with Crippen LogP contribution >= 0.6 is 0 Å². The molecule has 1 heteroatoms. The molecular formula is C20H33N. The molecule has 21 heavy (non-hydrogen) atoms. The molecule has 0 aromatic heterocycles. The number of hydrogen-bond donors (Lipinski definition) is 0. The average molecular weight is 287 g/mol. The lowest BCUT2D eigenvalue weighted by Gasteiger charge is -2.28. The smallest absolute Gasteiger partial charge is 0.00191 e. The average Bonchev–Trinajstić information content (AvgIpc) is 2.47. The van der Waals surface area contributed by atoms with Crippen LogP contribution in [0, 0.1) is 19.8 Å². The normalized spacial score (nSPS) is 17.3. The first kappa shape index (κ1) is 16.5. The molecule has 0 unspecified atom stereocenters. The Hall–Kier alpha value is -0.820. The van der Waals surface area contributed by atoms with Crippen molar-refractivity contribution < 1.29 is 0 Å². The van der Waals surface area contributed by atoms with Crippen molar-refractivity contribution in [3.8, 4) is 0 Å². The highest BCUT2D eigenvalue weighted by Gasteiger charge is 2.15. The van der Waals surface area contributed by atoms with Crippen LogP contribution in [0.4, 0.5) is 0 Å². The van der Waals surface area contributed by atoms with Crippen molar-refractivity contribution in [2.75, 3.05) is 20.1 Å². The first-order valence-corrected chi connectivity index (χ1v) is 8.90. The van der Waals surface area contributed by atoms with Gasteiger partial charge < -0.3 is 4.90 Å². The van der Waals surface area contributed by atoms with E-state index in [1.54, 1.807) is 5.56 Å². The van der Waals surface area contributed by atoms with Crippen LogP contribution in [0.25, 0.3) is 0 Å². The van der Waals surface area contributed by atoms with E-state index in [1.807, 2.05) is 0 Å². The van der Waals surface area contributed by atoms with Crippen molar-refractivity contribution in [2.45, 2.75) is 65.2 Å². The summed E-state index contributed by atoms with van der Waals surface area (Å²) in [6.07, 6.45) is 11.2. The fourth-order valence-corrected chi connectivity index (χ4v) is 3.68. The van der Waals surface area contributed by atoms with Gasteiger partial charge in [0.1, 0.15) is 0 Å². The van der Waals surface area contributed by atoms with Gasteiger partial charge in [-0.25, -0.2) is 0 Å². The van der Waals surface area contributed by atoms with E-state index in [1.165, 1.54) is 75.6 Å². The molecule has 2 rings (SSSR count). The second kappa shape index (κ2) is 8.58. The molecule has 0 amide bonds. The quantitative estimate of drug-likeness (QED) is 0.628. The van der Waals surface area contributed by atoms with Gasteiger partial charge in [-0.1, -0.05) is 43.9 Å². The lowest BCUT2D eigenvalue weighted by Crippen LogP contribution is -2.30. The van der Waals surface area contributed by atoms with Crippen LogP contribution in [0.15, 0.2) is 18.2 Å². The van der Waals surface area contributed by atoms with Crippen LogP contribution in [0.5, 0.6) is 0 Å². The number of benzene rings is 1. The second-order valence-electron chi connectivity index (χ2n) is 7.07. The molecule has 0 aliphatic carbocycles. The lowest BCUT2D eigenvalue weighted by atomic mass is 9.91. The van der Waals surface area contributed by atoms with E-state index in [-0.39, 0.29) is 0 Å². The number of rotatable bonds is 7. The summed E-state index contributed by atoms with van der Waals surface area (Å²) in [6.45, 7) is 7.14. The van der Waals surface area contributed by atoms with Gasteiger partial charge in [0.15, 0.2) is 0 Å². The number of hydrogen-bond acceptors (Lipinski definition) is 1. The number of nitrogens with zero attached hydrogens (tertiary/aromatic N) is 1. The van der Waals surface area contributed by atoms with E-state index in [4.69, 9.17) is 0 Å². The van der Waals surface area contributed by atoms with E-state index >= 15 is 0 Å². The molecule has 1 heterocycles. The number of piperidine rings is 1. The van der Waals surface area contributed by atoms with Crippen LogP contribution in [0.3, 0.4) is 0 Å². The van der Waals surface area contributed by atoms with Crippen LogP contribution in [-0.4, -0.2) is 25.0 Å². The molecular weight excluding hydrogens is 254 g/mol. The summed E-state index contributed by atoms with van der Waals surface area (Å²) in [5.74, 6) is 1.01. The molecule has 1 nitrogen and oxygen atoms in total. The van der Waals surface area contributed by atoms with Crippen molar-refractivity contribution in [1.29, 1.82) is 0 Å². The van der Waals surface area contributed by atoms with Gasteiger partial charge in [-0.3, -0.25) is 0 Å². The molecule has 1 aromatic carbocycles. The molecule has 118 valence electrons. The lowest BCUT2D eigenvalue weighted by molar-refractivity contribution is 0.209. The third-order valence-electron chi connectivity index (χ3n) is 5.27. The Labute approximate surface area is 131 Å². The van der Waals surface area contributed by atoms with Gasteiger partial charge in [-0.05, 0) is 82.3 Å². The molecule has 1 saturated heterocycles. The number of unbranched alkanes of at least 4 members (excludes halogenated alkanes) is 3. The van der Waals surface area contributed by atoms with E-state index in [0.29, 0.717) is 0 Å². The van der Waals surface area contributed by atoms with E-state index in [2.05, 4.69) is 44.0 Å². The van der Waals surface area contributed by atoms with Crippen LogP contribution < -0.4 is 0 Å². The molecule has 0 bridgehead atoms. The summed E-state index contributed by atoms with van der Waals surface area (Å²) in [5.41, 5.74) is 4.54. The number of likely N-dealkylation sites (tertiary alicyclic amines) is 1. The standard InChI is InChI=1S/C20H33N/c1-17-9-8-10-18(2)20(17)12-7-5-4-6-11-19-13-15-21(3)16-14-19/h8-10,19H,4-7,11-16H2,1-3H3. The summed E-state index contributed by atoms with van der Waals surface area (Å²) in [5, 5.41) is 0. The van der Waals surface area contributed by atoms with E-state index in [9.17, 15) is 0 Å². The predicted octanol–water partition coefficient (Wildman–Crippen LogP) is 5.14. The zero-order valence-electron chi connectivity index (χ0n) is 14.3. The Morgan fingerprint density at radius 3 is 2.24 bits per heavy atom. The Balaban J connectivity index is 1.56. The fraction of sp³-hybridized carbons (Fsp3) is 0.700. The van der Waals surface area contributed by atoms with Gasteiger partial charge in [-0.2, -0.15) is 0 Å². The topological polar surface area (TPSA) is 3.24 Å². The van der Waals surface area contributed by atoms with Gasteiger partial charge >= 0.3 is 0 Å². The molecule has 1 aliphatic rings. The van der Waals surface area contributed by atoms with Crippen molar-refractivity contribution in [3.05, 3.63) is 34.9 Å². The maximum atomic E-state index is 2.47. The minimum atomic E-state index is 1.01. The SMILES string of the molecule is Cc1cccc(C)c1CCCCCCC1CCN(C)CC1. The molecule has 0 saturated carbocycles. The Bertz CT molecular complexity index is 396. The second-order valence-corrected chi connectivity index (χ2v) is 7.07. The summed E-state index contributed by atoms with van der Waals surface area (Å²) < 4.78 is 0. The van der Waals surface area contributed by atoms with Crippen molar-refractivity contribution in [2.24, 2.45) is 5.92 Å². The van der Waals surface area contributed by atoms with Crippen LogP contribution in [0.1, 0.15) is 61.6 Å². The van der Waals surface area contributed by atoms with Gasteiger partial charge in [0.2, 0.25) is 0 Å². The molecule has 1 fully saturated rings. The monoisotopic (exact) mass is 287 g/mol. The maximum absolute atomic E-state index is 2.47. The molecule has 1 aromatic rings. The highest BCUT2D eigenvalue weighted by atomic mass is 15.1. The van der Waals surface area contributed by atoms with Crippen molar-refractivity contribution >= 4 is 0 Å². The number of aryl methyl sites for hydroxylation is 2.